The second-order valence-corrected chi connectivity index (χ2v) is 15.4. The topological polar surface area (TPSA) is 135 Å². The summed E-state index contributed by atoms with van der Waals surface area (Å²) < 4.78 is 51.7. The smallest absolute Gasteiger partial charge is 0.418 e. The van der Waals surface area contributed by atoms with Crippen molar-refractivity contribution in [2.75, 3.05) is 23.4 Å². The molecule has 1 saturated heterocycles. The van der Waals surface area contributed by atoms with Crippen molar-refractivity contribution >= 4 is 58.2 Å². The fourth-order valence-electron chi connectivity index (χ4n) is 8.62. The fourth-order valence-corrected chi connectivity index (χ4v) is 11.5. The van der Waals surface area contributed by atoms with E-state index in [4.69, 9.17) is 9.47 Å². The highest BCUT2D eigenvalue weighted by molar-refractivity contribution is 8.00. The molecule has 4 aliphatic rings. The number of aromatic nitrogens is 1. The van der Waals surface area contributed by atoms with Gasteiger partial charge in [0.25, 0.3) is 5.91 Å². The zero-order chi connectivity index (χ0) is 36.5. The Hall–Kier alpha value is -4.89. The number of rotatable bonds is 8. The van der Waals surface area contributed by atoms with Crippen LogP contribution in [-0.4, -0.2) is 47.1 Å². The quantitative estimate of drug-likeness (QED) is 0.158. The third-order valence-corrected chi connectivity index (χ3v) is 13.1. The molecule has 15 heteroatoms. The summed E-state index contributed by atoms with van der Waals surface area (Å²) in [5, 5.41) is 2.87. The van der Waals surface area contributed by atoms with Gasteiger partial charge in [0.05, 0.1) is 46.0 Å². The number of H-pyrrole nitrogens is 1. The number of hydrogen-bond donors (Lipinski definition) is 2. The largest absolute Gasteiger partial charge is 0.483 e. The van der Waals surface area contributed by atoms with Gasteiger partial charge in [0.2, 0.25) is 11.8 Å². The highest BCUT2D eigenvalue weighted by Gasteiger charge is 2.70. The van der Waals surface area contributed by atoms with Gasteiger partial charge in [-0.3, -0.25) is 24.1 Å². The lowest BCUT2D eigenvalue weighted by Gasteiger charge is -2.43. The lowest BCUT2D eigenvalue weighted by Crippen LogP contribution is -2.42. The fraction of sp³-hybridized carbons (Fsp3) is 0.324. The monoisotopic (exact) mass is 749 g/mol. The average Bonchev–Trinajstić information content (AvgIpc) is 3.86. The highest BCUT2D eigenvalue weighted by Crippen LogP contribution is 2.69. The zero-order valence-electron chi connectivity index (χ0n) is 27.3. The van der Waals surface area contributed by atoms with Crippen LogP contribution in [0.2, 0.25) is 0 Å². The van der Waals surface area contributed by atoms with Crippen molar-refractivity contribution in [3.63, 3.8) is 0 Å². The molecule has 2 saturated carbocycles. The van der Waals surface area contributed by atoms with E-state index in [1.165, 1.54) is 47.0 Å². The van der Waals surface area contributed by atoms with Crippen molar-refractivity contribution in [1.82, 2.24) is 4.98 Å². The Balaban J connectivity index is 1.08. The molecule has 3 aromatic carbocycles. The first-order valence-corrected chi connectivity index (χ1v) is 18.4. The summed E-state index contributed by atoms with van der Waals surface area (Å²) in [6.07, 6.45) is -4.02. The number of aromatic amines is 1. The first-order valence-electron chi connectivity index (χ1n) is 16.7. The van der Waals surface area contributed by atoms with Crippen LogP contribution in [0.25, 0.3) is 0 Å². The summed E-state index contributed by atoms with van der Waals surface area (Å²) in [4.78, 5) is 70.8. The number of imide groups is 1. The number of thioether (sulfide) groups is 1. The Morgan fingerprint density at radius 3 is 2.37 bits per heavy atom. The summed E-state index contributed by atoms with van der Waals surface area (Å²) in [6.45, 7) is 1.33. The minimum Gasteiger partial charge on any atom is -0.483 e. The average molecular weight is 750 g/mol. The van der Waals surface area contributed by atoms with Crippen molar-refractivity contribution in [2.24, 2.45) is 29.6 Å². The highest BCUT2D eigenvalue weighted by atomic mass is 32.2. The van der Waals surface area contributed by atoms with Gasteiger partial charge >= 0.3 is 17.0 Å². The van der Waals surface area contributed by atoms with E-state index in [2.05, 4.69) is 10.3 Å². The summed E-state index contributed by atoms with van der Waals surface area (Å²) in [5.41, 5.74) is -0.0134. The Bertz CT molecular complexity index is 2170. The summed E-state index contributed by atoms with van der Waals surface area (Å²) in [7, 11) is 0. The summed E-state index contributed by atoms with van der Waals surface area (Å²) >= 11 is 2.59. The number of ether oxygens (including phenoxy) is 2. The molecule has 0 spiro atoms. The van der Waals surface area contributed by atoms with Crippen molar-refractivity contribution in [3.8, 4) is 5.75 Å². The number of alkyl halides is 3. The van der Waals surface area contributed by atoms with Crippen molar-refractivity contribution in [2.45, 2.75) is 35.7 Å². The molecule has 1 aromatic heterocycles. The molecule has 4 aromatic rings. The molecular formula is C37H30F3N3O7S2. The number of carbonyl (C=O) groups is 4. The van der Waals surface area contributed by atoms with E-state index in [1.807, 2.05) is 6.07 Å². The van der Waals surface area contributed by atoms with Crippen LogP contribution in [0, 0.1) is 29.6 Å². The molecule has 2 N–H and O–H groups in total. The van der Waals surface area contributed by atoms with Gasteiger partial charge in [0.15, 0.2) is 6.61 Å². The number of hydrogen-bond acceptors (Lipinski definition) is 9. The van der Waals surface area contributed by atoms with Crippen LogP contribution >= 0.6 is 23.1 Å². The second kappa shape index (κ2) is 13.0. The van der Waals surface area contributed by atoms with Gasteiger partial charge in [-0.25, -0.2) is 4.79 Å². The van der Waals surface area contributed by atoms with Gasteiger partial charge < -0.3 is 19.8 Å². The van der Waals surface area contributed by atoms with Gasteiger partial charge in [-0.05, 0) is 73.6 Å². The van der Waals surface area contributed by atoms with E-state index >= 15 is 0 Å². The molecule has 3 fully saturated rings. The number of anilines is 2. The lowest BCUT2D eigenvalue weighted by atomic mass is 9.68. The summed E-state index contributed by atoms with van der Waals surface area (Å²) in [5.74, 6) is -3.65. The number of thiazole rings is 1. The van der Waals surface area contributed by atoms with Crippen LogP contribution in [0.5, 0.6) is 5.75 Å². The third kappa shape index (κ3) is 5.61. The first kappa shape index (κ1) is 34.2. The van der Waals surface area contributed by atoms with E-state index in [0.29, 0.717) is 34.0 Å². The predicted molar refractivity (Wildman–Crippen MR) is 185 cm³/mol. The molecule has 0 unspecified atom stereocenters. The molecule has 2 bridgehead atoms. The number of benzene rings is 3. The number of fused-ring (bicyclic) bond motifs is 9. The van der Waals surface area contributed by atoms with Crippen LogP contribution in [0.3, 0.4) is 0 Å². The number of para-hydroxylation sites is 2. The normalized spacial score (nSPS) is 25.8. The van der Waals surface area contributed by atoms with E-state index in [-0.39, 0.29) is 52.0 Å². The molecule has 3 amide bonds. The minimum atomic E-state index is -4.67. The minimum absolute atomic E-state index is 0.118. The molecule has 2 aliphatic carbocycles. The van der Waals surface area contributed by atoms with Gasteiger partial charge in [0, 0.05) is 21.6 Å². The predicted octanol–water partition coefficient (Wildman–Crippen LogP) is 6.33. The van der Waals surface area contributed by atoms with Crippen LogP contribution in [0.15, 0.2) is 82.6 Å². The number of nitrogens with zero attached hydrogens (tertiary/aromatic N) is 1. The molecule has 8 rings (SSSR count). The van der Waals surface area contributed by atoms with Crippen LogP contribution in [0.1, 0.15) is 45.6 Å². The number of nitrogens with one attached hydrogen (secondary N) is 2. The number of esters is 1. The lowest BCUT2D eigenvalue weighted by molar-refractivity contribution is -0.137. The maximum Gasteiger partial charge on any atom is 0.418 e. The van der Waals surface area contributed by atoms with E-state index in [1.54, 1.807) is 37.3 Å². The maximum absolute atomic E-state index is 14.2. The van der Waals surface area contributed by atoms with Gasteiger partial charge in [-0.2, -0.15) is 13.2 Å². The first-order chi connectivity index (χ1) is 25.0. The van der Waals surface area contributed by atoms with Gasteiger partial charge in [0.1, 0.15) is 5.75 Å². The number of halogens is 3. The summed E-state index contributed by atoms with van der Waals surface area (Å²) in [6, 6.07) is 17.9. The third-order valence-electron chi connectivity index (χ3n) is 10.5. The van der Waals surface area contributed by atoms with Crippen LogP contribution in [0.4, 0.5) is 24.5 Å². The SMILES string of the molecule is CCOC(=O)c1ccc(N2C(=O)[C@H]3[C@H]4C[C@@H]([C@@H]3C2=O)[C@@H]2[C@H](c3ccccc3OCC(=O)Nc3ccccc3C(F)(F)F)c3sc(=O)[nH]c3S[C@H]42)cc1. The van der Waals surface area contributed by atoms with Gasteiger partial charge in [-0.1, -0.05) is 41.7 Å². The standard InChI is InChI=1S/C37H30F3N3O7S2/c1-2-49-35(47)17-11-13-18(14-12-17)43-33(45)28-20-15-21(29(28)34(43)46)30-27(20)26(31-32(51-30)42-36(48)52-31)19-7-3-6-10-24(19)50-16-25(44)41-23-9-5-4-8-22(23)37(38,39)40/h3-14,20-21,26-30H,2,15-16H2,1H3,(H,41,44)(H,42,48)/t20-,21-,26+,27-,28+,29+,30-/m1/s1. The van der Waals surface area contributed by atoms with Crippen molar-refractivity contribution in [3.05, 3.63) is 104 Å². The molecule has 2 aliphatic heterocycles. The molecule has 10 nitrogen and oxygen atoms in total. The number of carbonyl (C=O) groups excluding carboxylic acids is 4. The Labute approximate surface area is 302 Å². The van der Waals surface area contributed by atoms with Gasteiger partial charge in [-0.15, -0.1) is 11.8 Å². The van der Waals surface area contributed by atoms with E-state index in [0.717, 1.165) is 22.3 Å². The second-order valence-electron chi connectivity index (χ2n) is 13.2. The Kier molecular flexibility index (Phi) is 8.52. The molecule has 268 valence electrons. The molecule has 3 heterocycles. The van der Waals surface area contributed by atoms with Crippen LogP contribution < -0.4 is 19.8 Å². The van der Waals surface area contributed by atoms with E-state index in [9.17, 15) is 37.1 Å². The molecule has 52 heavy (non-hydrogen) atoms. The van der Waals surface area contributed by atoms with E-state index < -0.39 is 48.0 Å². The molecule has 7 atom stereocenters. The van der Waals surface area contributed by atoms with Crippen molar-refractivity contribution < 1.29 is 41.8 Å². The number of amides is 3. The maximum atomic E-state index is 14.2. The Morgan fingerprint density at radius 2 is 1.63 bits per heavy atom. The molecule has 0 radical (unpaired) electrons. The van der Waals surface area contributed by atoms with Crippen LogP contribution in [-0.2, 0) is 25.3 Å². The molecular weight excluding hydrogens is 720 g/mol. The van der Waals surface area contributed by atoms with Crippen molar-refractivity contribution in [1.29, 1.82) is 0 Å². The Morgan fingerprint density at radius 1 is 0.942 bits per heavy atom. The zero-order valence-corrected chi connectivity index (χ0v) is 29.0.